The maximum absolute atomic E-state index is 12.9. The fourth-order valence-electron chi connectivity index (χ4n) is 1.41. The van der Waals surface area contributed by atoms with Crippen LogP contribution in [0, 0.1) is 5.95 Å². The number of halogens is 2. The molecule has 4 nitrogen and oxygen atoms in total. The number of carbonyl (C=O) groups excluding carboxylic acids is 1. The first kappa shape index (κ1) is 12.5. The molecule has 6 heteroatoms. The molecular weight excluding hydrogens is 301 g/mol. The van der Waals surface area contributed by atoms with Crippen LogP contribution in [0.2, 0.25) is 0 Å². The molecule has 0 saturated heterocycles. The van der Waals surface area contributed by atoms with E-state index in [0.29, 0.717) is 15.7 Å². The number of pyridine rings is 1. The molecule has 92 valence electrons. The van der Waals surface area contributed by atoms with Crippen LogP contribution in [0.3, 0.4) is 0 Å². The summed E-state index contributed by atoms with van der Waals surface area (Å²) < 4.78 is 13.6. The molecule has 0 atom stereocenters. The van der Waals surface area contributed by atoms with Crippen molar-refractivity contribution in [2.45, 2.75) is 0 Å². The average Bonchev–Trinajstić information content (AvgIpc) is 2.27. The number of nitrogens with one attached hydrogen (secondary N) is 1. The van der Waals surface area contributed by atoms with Gasteiger partial charge in [-0.25, -0.2) is 4.98 Å². The highest BCUT2D eigenvalue weighted by atomic mass is 79.9. The summed E-state index contributed by atoms with van der Waals surface area (Å²) in [6.45, 7) is 0. The van der Waals surface area contributed by atoms with Gasteiger partial charge in [-0.05, 0) is 30.3 Å². The van der Waals surface area contributed by atoms with Gasteiger partial charge in [0.15, 0.2) is 0 Å². The molecule has 0 saturated carbocycles. The Morgan fingerprint density at radius 2 is 2.11 bits per heavy atom. The molecule has 0 aliphatic carbocycles. The number of nitrogens with zero attached hydrogens (tertiary/aromatic N) is 1. The van der Waals surface area contributed by atoms with Crippen molar-refractivity contribution in [2.24, 2.45) is 0 Å². The first-order valence-corrected chi connectivity index (χ1v) is 5.84. The summed E-state index contributed by atoms with van der Waals surface area (Å²) in [7, 11) is 0. The molecule has 3 N–H and O–H groups in total. The number of hydrogen-bond donors (Lipinski definition) is 2. The smallest absolute Gasteiger partial charge is 0.256 e. The summed E-state index contributed by atoms with van der Waals surface area (Å²) in [6, 6.07) is 8.99. The van der Waals surface area contributed by atoms with Gasteiger partial charge in [-0.2, -0.15) is 4.39 Å². The number of benzene rings is 1. The molecule has 0 fully saturated rings. The third kappa shape index (κ3) is 3.04. The van der Waals surface area contributed by atoms with Gasteiger partial charge in [0.05, 0.1) is 0 Å². The Labute approximate surface area is 111 Å². The molecule has 1 heterocycles. The van der Waals surface area contributed by atoms with E-state index in [1.165, 1.54) is 24.3 Å². The number of nitrogen functional groups attached to an aromatic ring is 1. The molecule has 0 unspecified atom stereocenters. The van der Waals surface area contributed by atoms with Gasteiger partial charge in [0, 0.05) is 15.7 Å². The number of aromatic nitrogens is 1. The van der Waals surface area contributed by atoms with Crippen LogP contribution in [0.15, 0.2) is 40.9 Å². The van der Waals surface area contributed by atoms with Crippen molar-refractivity contribution in [2.75, 3.05) is 11.1 Å². The Hall–Kier alpha value is -1.95. The van der Waals surface area contributed by atoms with E-state index in [0.717, 1.165) is 0 Å². The van der Waals surface area contributed by atoms with Crippen molar-refractivity contribution in [3.05, 3.63) is 52.4 Å². The lowest BCUT2D eigenvalue weighted by Gasteiger charge is -2.05. The van der Waals surface area contributed by atoms with Crippen LogP contribution in [0.1, 0.15) is 10.4 Å². The largest absolute Gasteiger partial charge is 0.399 e. The van der Waals surface area contributed by atoms with Gasteiger partial charge in [-0.1, -0.05) is 22.0 Å². The highest BCUT2D eigenvalue weighted by Crippen LogP contribution is 2.18. The molecule has 0 aliphatic rings. The van der Waals surface area contributed by atoms with E-state index in [1.807, 2.05) is 0 Å². The summed E-state index contributed by atoms with van der Waals surface area (Å²) in [5, 5.41) is 2.49. The third-order valence-corrected chi connectivity index (χ3v) is 2.60. The molecule has 1 aromatic carbocycles. The zero-order valence-electron chi connectivity index (χ0n) is 9.15. The summed E-state index contributed by atoms with van der Waals surface area (Å²) in [5.41, 5.74) is 6.46. The summed E-state index contributed by atoms with van der Waals surface area (Å²) in [5.74, 6) is -0.902. The minimum Gasteiger partial charge on any atom is -0.399 e. The van der Waals surface area contributed by atoms with Crippen molar-refractivity contribution in [3.8, 4) is 0 Å². The standard InChI is InChI=1S/C12H9BrFN3O/c13-8-4-7(5-9(15)6-8)12(18)17-11-3-1-2-10(14)16-11/h1-6H,15H2,(H,16,17,18). The maximum atomic E-state index is 12.9. The zero-order chi connectivity index (χ0) is 13.1. The van der Waals surface area contributed by atoms with E-state index in [4.69, 9.17) is 5.73 Å². The van der Waals surface area contributed by atoms with Gasteiger partial charge in [0.25, 0.3) is 5.91 Å². The molecule has 0 bridgehead atoms. The van der Waals surface area contributed by atoms with Crippen molar-refractivity contribution in [1.82, 2.24) is 4.98 Å². The SMILES string of the molecule is Nc1cc(Br)cc(C(=O)Nc2cccc(F)n2)c1. The van der Waals surface area contributed by atoms with Gasteiger partial charge in [0.2, 0.25) is 5.95 Å². The lowest BCUT2D eigenvalue weighted by molar-refractivity contribution is 0.102. The molecule has 0 spiro atoms. The van der Waals surface area contributed by atoms with Crippen LogP contribution in [-0.4, -0.2) is 10.9 Å². The zero-order valence-corrected chi connectivity index (χ0v) is 10.7. The average molecular weight is 310 g/mol. The van der Waals surface area contributed by atoms with Crippen molar-refractivity contribution >= 4 is 33.3 Å². The Bertz CT molecular complexity index is 583. The number of hydrogen-bond acceptors (Lipinski definition) is 3. The summed E-state index contributed by atoms with van der Waals surface area (Å²) >= 11 is 3.24. The quantitative estimate of drug-likeness (QED) is 0.662. The van der Waals surface area contributed by atoms with Crippen LogP contribution in [0.5, 0.6) is 0 Å². The molecule has 1 aromatic heterocycles. The predicted octanol–water partition coefficient (Wildman–Crippen LogP) is 2.82. The van der Waals surface area contributed by atoms with Crippen LogP contribution in [-0.2, 0) is 0 Å². The van der Waals surface area contributed by atoms with E-state index in [1.54, 1.807) is 12.1 Å². The highest BCUT2D eigenvalue weighted by molar-refractivity contribution is 9.10. The number of rotatable bonds is 2. The van der Waals surface area contributed by atoms with E-state index in [9.17, 15) is 9.18 Å². The lowest BCUT2D eigenvalue weighted by atomic mass is 10.2. The molecular formula is C12H9BrFN3O. The van der Waals surface area contributed by atoms with Gasteiger partial charge in [0.1, 0.15) is 5.82 Å². The molecule has 2 aromatic rings. The monoisotopic (exact) mass is 309 g/mol. The predicted molar refractivity (Wildman–Crippen MR) is 70.7 cm³/mol. The third-order valence-electron chi connectivity index (χ3n) is 2.14. The summed E-state index contributed by atoms with van der Waals surface area (Å²) in [4.78, 5) is 15.4. The van der Waals surface area contributed by atoms with Gasteiger partial charge in [-0.3, -0.25) is 4.79 Å². The molecule has 18 heavy (non-hydrogen) atoms. The van der Waals surface area contributed by atoms with Crippen molar-refractivity contribution in [1.29, 1.82) is 0 Å². The number of nitrogens with two attached hydrogens (primary N) is 1. The Balaban J connectivity index is 2.22. The van der Waals surface area contributed by atoms with Crippen LogP contribution in [0.4, 0.5) is 15.9 Å². The molecule has 1 amide bonds. The lowest BCUT2D eigenvalue weighted by Crippen LogP contribution is -2.13. The maximum Gasteiger partial charge on any atom is 0.256 e. The Morgan fingerprint density at radius 3 is 2.78 bits per heavy atom. The van der Waals surface area contributed by atoms with E-state index < -0.39 is 11.9 Å². The number of carbonyl (C=O) groups is 1. The first-order valence-electron chi connectivity index (χ1n) is 5.04. The Kier molecular flexibility index (Phi) is 3.57. The van der Waals surface area contributed by atoms with Crippen molar-refractivity contribution < 1.29 is 9.18 Å². The second-order valence-corrected chi connectivity index (χ2v) is 4.49. The first-order chi connectivity index (χ1) is 8.54. The molecule has 2 rings (SSSR count). The molecule has 0 aliphatic heterocycles. The van der Waals surface area contributed by atoms with Crippen LogP contribution < -0.4 is 11.1 Å². The van der Waals surface area contributed by atoms with Gasteiger partial charge < -0.3 is 11.1 Å². The van der Waals surface area contributed by atoms with Gasteiger partial charge in [-0.15, -0.1) is 0 Å². The Morgan fingerprint density at radius 1 is 1.33 bits per heavy atom. The van der Waals surface area contributed by atoms with Crippen LogP contribution in [0.25, 0.3) is 0 Å². The highest BCUT2D eigenvalue weighted by Gasteiger charge is 2.08. The fraction of sp³-hybridized carbons (Fsp3) is 0. The number of amides is 1. The topological polar surface area (TPSA) is 68.0 Å². The summed E-state index contributed by atoms with van der Waals surface area (Å²) in [6.07, 6.45) is 0. The minimum atomic E-state index is -0.651. The van der Waals surface area contributed by atoms with Crippen LogP contribution >= 0.6 is 15.9 Å². The number of anilines is 2. The van der Waals surface area contributed by atoms with E-state index in [2.05, 4.69) is 26.2 Å². The van der Waals surface area contributed by atoms with Crippen molar-refractivity contribution in [3.63, 3.8) is 0 Å². The van der Waals surface area contributed by atoms with E-state index >= 15 is 0 Å². The normalized spacial score (nSPS) is 10.1. The minimum absolute atomic E-state index is 0.151. The van der Waals surface area contributed by atoms with Gasteiger partial charge >= 0.3 is 0 Å². The second kappa shape index (κ2) is 5.14. The van der Waals surface area contributed by atoms with E-state index in [-0.39, 0.29) is 5.82 Å². The second-order valence-electron chi connectivity index (χ2n) is 3.57. The molecule has 0 radical (unpaired) electrons. The fourth-order valence-corrected chi connectivity index (χ4v) is 1.92.